The van der Waals surface area contributed by atoms with Crippen LogP contribution >= 0.6 is 7.60 Å². The predicted octanol–water partition coefficient (Wildman–Crippen LogP) is 3.52. The number of hydrogen-bond acceptors (Lipinski definition) is 7. The number of allylic oxidation sites excluding steroid dienone is 1. The van der Waals surface area contributed by atoms with E-state index in [1.807, 2.05) is 0 Å². The molecular formula is C19H25O7P. The van der Waals surface area contributed by atoms with Gasteiger partial charge in [-0.1, -0.05) is 24.3 Å². The van der Waals surface area contributed by atoms with Gasteiger partial charge in [0.1, 0.15) is 12.4 Å². The molecule has 2 rings (SSSR count). The molecule has 1 aliphatic heterocycles. The fraction of sp³-hybridized carbons (Fsp3) is 0.474. The number of ether oxygens (including phenoxy) is 2. The second-order valence-corrected chi connectivity index (χ2v) is 7.90. The number of carbonyl (C=O) groups excluding carboxylic acids is 2. The van der Waals surface area contributed by atoms with Gasteiger partial charge in [-0.2, -0.15) is 0 Å². The lowest BCUT2D eigenvalue weighted by molar-refractivity contribution is -0.104. The van der Waals surface area contributed by atoms with E-state index in [0.29, 0.717) is 23.8 Å². The number of esters is 1. The molecule has 148 valence electrons. The highest BCUT2D eigenvalue weighted by molar-refractivity contribution is 7.53. The van der Waals surface area contributed by atoms with Gasteiger partial charge in [-0.15, -0.1) is 0 Å². The first-order valence-electron chi connectivity index (χ1n) is 8.93. The van der Waals surface area contributed by atoms with Crippen LogP contribution in [0, 0.1) is 0 Å². The molecular weight excluding hydrogens is 371 g/mol. The number of hydrogen-bond donors (Lipinski definition) is 0. The van der Waals surface area contributed by atoms with Crippen LogP contribution in [0.4, 0.5) is 0 Å². The van der Waals surface area contributed by atoms with Crippen LogP contribution in [0.15, 0.2) is 36.4 Å². The van der Waals surface area contributed by atoms with E-state index in [2.05, 4.69) is 0 Å². The smallest absolute Gasteiger partial charge is 0.338 e. The molecule has 1 aliphatic rings. The zero-order valence-corrected chi connectivity index (χ0v) is 16.4. The quantitative estimate of drug-likeness (QED) is 0.175. The Labute approximate surface area is 159 Å². The molecule has 2 unspecified atom stereocenters. The average Bonchev–Trinajstić information content (AvgIpc) is 3.38. The summed E-state index contributed by atoms with van der Waals surface area (Å²) in [5.74, 6) is -0.495. The molecule has 0 saturated carbocycles. The topological polar surface area (TPSA) is 91.4 Å². The molecule has 0 aromatic heterocycles. The molecule has 1 saturated heterocycles. The van der Waals surface area contributed by atoms with Crippen molar-refractivity contribution in [1.82, 2.24) is 0 Å². The predicted molar refractivity (Wildman–Crippen MR) is 99.8 cm³/mol. The van der Waals surface area contributed by atoms with Crippen molar-refractivity contribution in [3.8, 4) is 0 Å². The van der Waals surface area contributed by atoms with Gasteiger partial charge < -0.3 is 18.5 Å². The molecule has 0 bridgehead atoms. The van der Waals surface area contributed by atoms with Gasteiger partial charge in [0.05, 0.1) is 37.6 Å². The van der Waals surface area contributed by atoms with Crippen molar-refractivity contribution in [3.63, 3.8) is 0 Å². The minimum absolute atomic E-state index is 0.00422. The number of carbonyl (C=O) groups is 2. The van der Waals surface area contributed by atoms with Crippen LogP contribution in [0.25, 0.3) is 0 Å². The van der Waals surface area contributed by atoms with Gasteiger partial charge in [-0.3, -0.25) is 9.36 Å². The largest absolute Gasteiger partial charge is 0.462 e. The van der Waals surface area contributed by atoms with Gasteiger partial charge >= 0.3 is 13.6 Å². The normalized spacial score (nSPS) is 19.2. The van der Waals surface area contributed by atoms with Gasteiger partial charge in [0.15, 0.2) is 0 Å². The Morgan fingerprint density at radius 1 is 1.22 bits per heavy atom. The Morgan fingerprint density at radius 2 is 1.93 bits per heavy atom. The summed E-state index contributed by atoms with van der Waals surface area (Å²) in [6, 6.07) is 6.82. The van der Waals surface area contributed by atoms with Crippen LogP contribution in [0.5, 0.6) is 0 Å². The van der Waals surface area contributed by atoms with E-state index in [1.54, 1.807) is 44.2 Å². The van der Waals surface area contributed by atoms with Crippen LogP contribution < -0.4 is 0 Å². The maximum Gasteiger partial charge on any atom is 0.338 e. The van der Waals surface area contributed by atoms with E-state index in [4.69, 9.17) is 18.5 Å². The van der Waals surface area contributed by atoms with Crippen LogP contribution in [0.1, 0.15) is 36.2 Å². The highest BCUT2D eigenvalue weighted by atomic mass is 31.2. The minimum Gasteiger partial charge on any atom is -0.462 e. The molecule has 7 nitrogen and oxygen atoms in total. The summed E-state index contributed by atoms with van der Waals surface area (Å²) in [4.78, 5) is 22.7. The Morgan fingerprint density at radius 3 is 2.59 bits per heavy atom. The number of benzene rings is 1. The third kappa shape index (κ3) is 6.70. The Hall–Kier alpha value is -1.79. The maximum atomic E-state index is 12.7. The van der Waals surface area contributed by atoms with Crippen LogP contribution in [0.2, 0.25) is 0 Å². The number of rotatable bonds is 12. The van der Waals surface area contributed by atoms with Crippen molar-refractivity contribution in [2.45, 2.75) is 38.6 Å². The molecule has 8 heteroatoms. The van der Waals surface area contributed by atoms with Crippen molar-refractivity contribution in [3.05, 3.63) is 47.5 Å². The summed E-state index contributed by atoms with van der Waals surface area (Å²) in [6.07, 6.45) is 4.17. The molecule has 0 aliphatic carbocycles. The first-order valence-corrected chi connectivity index (χ1v) is 10.7. The van der Waals surface area contributed by atoms with Crippen molar-refractivity contribution >= 4 is 19.9 Å². The highest BCUT2D eigenvalue weighted by Gasteiger charge is 2.36. The summed E-state index contributed by atoms with van der Waals surface area (Å²) < 4.78 is 34.0. The van der Waals surface area contributed by atoms with E-state index in [0.717, 1.165) is 0 Å². The lowest BCUT2D eigenvalue weighted by atomic mass is 10.1. The van der Waals surface area contributed by atoms with E-state index >= 15 is 0 Å². The second kappa shape index (κ2) is 10.5. The Bertz CT molecular complexity index is 706. The summed E-state index contributed by atoms with van der Waals surface area (Å²) in [5, 5.41) is 0. The molecule has 1 heterocycles. The maximum absolute atomic E-state index is 12.7. The Balaban J connectivity index is 1.94. The van der Waals surface area contributed by atoms with Crippen molar-refractivity contribution in [1.29, 1.82) is 0 Å². The van der Waals surface area contributed by atoms with Gasteiger partial charge in [0.25, 0.3) is 0 Å². The van der Waals surface area contributed by atoms with E-state index in [1.165, 1.54) is 6.08 Å². The van der Waals surface area contributed by atoms with Gasteiger partial charge in [0.2, 0.25) is 0 Å². The Kier molecular flexibility index (Phi) is 8.38. The lowest BCUT2D eigenvalue weighted by Gasteiger charge is -2.18. The average molecular weight is 396 g/mol. The third-order valence-electron chi connectivity index (χ3n) is 3.89. The SMILES string of the molecule is CCOP(=O)(Cc1ccccc1C(=O)OCCC1OC1/C=C\C=O)OCC. The van der Waals surface area contributed by atoms with Crippen molar-refractivity contribution in [2.75, 3.05) is 19.8 Å². The first kappa shape index (κ1) is 21.5. The van der Waals surface area contributed by atoms with Crippen LogP contribution in [0.3, 0.4) is 0 Å². The molecule has 1 aromatic rings. The molecule has 0 amide bonds. The molecule has 0 spiro atoms. The van der Waals surface area contributed by atoms with Crippen molar-refractivity contribution in [2.24, 2.45) is 0 Å². The van der Waals surface area contributed by atoms with Gasteiger partial charge in [-0.05, 0) is 31.6 Å². The summed E-state index contributed by atoms with van der Waals surface area (Å²) in [6.45, 7) is 4.18. The minimum atomic E-state index is -3.32. The standard InChI is InChI=1S/C19H25O7P/c1-3-24-27(22,25-4-2)14-15-8-5-6-9-16(15)19(21)23-13-11-18-17(26-18)10-7-12-20/h5-10,12,17-18H,3-4,11,13-14H2,1-2H3/b10-7-. The van der Waals surface area contributed by atoms with E-state index in [-0.39, 0.29) is 38.2 Å². The van der Waals surface area contributed by atoms with E-state index in [9.17, 15) is 14.2 Å². The molecule has 1 aromatic carbocycles. The molecule has 0 radical (unpaired) electrons. The number of epoxide rings is 1. The highest BCUT2D eigenvalue weighted by Crippen LogP contribution is 2.51. The van der Waals surface area contributed by atoms with Gasteiger partial charge in [0, 0.05) is 6.42 Å². The molecule has 27 heavy (non-hydrogen) atoms. The second-order valence-electron chi connectivity index (χ2n) is 5.85. The lowest BCUT2D eigenvalue weighted by Crippen LogP contribution is -2.11. The molecule has 0 N–H and O–H groups in total. The fourth-order valence-corrected chi connectivity index (χ4v) is 4.38. The van der Waals surface area contributed by atoms with E-state index < -0.39 is 13.6 Å². The summed E-state index contributed by atoms with van der Waals surface area (Å²) in [7, 11) is -3.32. The molecule has 2 atom stereocenters. The summed E-state index contributed by atoms with van der Waals surface area (Å²) in [5.41, 5.74) is 0.897. The fourth-order valence-electron chi connectivity index (χ4n) is 2.65. The van der Waals surface area contributed by atoms with Crippen LogP contribution in [-0.2, 0) is 34.0 Å². The van der Waals surface area contributed by atoms with Gasteiger partial charge in [-0.25, -0.2) is 4.79 Å². The first-order chi connectivity index (χ1) is 13.0. The molecule has 1 fully saturated rings. The number of aldehydes is 1. The summed E-state index contributed by atoms with van der Waals surface area (Å²) >= 11 is 0. The van der Waals surface area contributed by atoms with Crippen molar-refractivity contribution < 1.29 is 32.7 Å². The zero-order chi connectivity index (χ0) is 19.7. The van der Waals surface area contributed by atoms with Crippen LogP contribution in [-0.4, -0.2) is 44.3 Å². The monoisotopic (exact) mass is 396 g/mol. The third-order valence-corrected chi connectivity index (χ3v) is 5.92. The zero-order valence-electron chi connectivity index (χ0n) is 15.5.